The fraction of sp³-hybridized carbons (Fsp3) is 0.421. The van der Waals surface area contributed by atoms with Crippen LogP contribution in [-0.4, -0.2) is 48.7 Å². The van der Waals surface area contributed by atoms with Crippen LogP contribution in [0.15, 0.2) is 30.3 Å². The van der Waals surface area contributed by atoms with Gasteiger partial charge in [0.2, 0.25) is 0 Å². The Morgan fingerprint density at radius 1 is 1.04 bits per heavy atom. The summed E-state index contributed by atoms with van der Waals surface area (Å²) in [7, 11) is 3.68. The summed E-state index contributed by atoms with van der Waals surface area (Å²) in [6.45, 7) is 7.24. The van der Waals surface area contributed by atoms with E-state index in [0.29, 0.717) is 0 Å². The fourth-order valence-corrected chi connectivity index (χ4v) is 3.20. The molecule has 0 aliphatic carbocycles. The second kappa shape index (κ2) is 6.59. The lowest BCUT2D eigenvalue weighted by Crippen LogP contribution is -2.48. The van der Waals surface area contributed by atoms with Crippen LogP contribution >= 0.6 is 0 Å². The van der Waals surface area contributed by atoms with Crippen molar-refractivity contribution in [1.82, 2.24) is 9.47 Å². The second-order valence-corrected chi connectivity index (χ2v) is 6.32. The van der Waals surface area contributed by atoms with E-state index < -0.39 is 0 Å². The molecule has 1 aliphatic heterocycles. The van der Waals surface area contributed by atoms with E-state index >= 15 is 0 Å². The van der Waals surface area contributed by atoms with Gasteiger partial charge in [-0.1, -0.05) is 0 Å². The van der Waals surface area contributed by atoms with E-state index in [9.17, 15) is 4.79 Å². The van der Waals surface area contributed by atoms with Crippen LogP contribution in [0.25, 0.3) is 0 Å². The molecule has 0 N–H and O–H groups in total. The van der Waals surface area contributed by atoms with Crippen molar-refractivity contribution in [3.63, 3.8) is 0 Å². The van der Waals surface area contributed by atoms with Gasteiger partial charge in [0.25, 0.3) is 5.91 Å². The second-order valence-electron chi connectivity index (χ2n) is 6.32. The van der Waals surface area contributed by atoms with Crippen molar-refractivity contribution in [1.29, 1.82) is 0 Å². The predicted octanol–water partition coefficient (Wildman–Crippen LogP) is 2.61. The summed E-state index contributed by atoms with van der Waals surface area (Å²) in [5.41, 5.74) is 4.16. The minimum absolute atomic E-state index is 0.144. The molecule has 0 unspecified atom stereocenters. The van der Waals surface area contributed by atoms with Crippen LogP contribution in [-0.2, 0) is 7.05 Å². The molecule has 1 amide bonds. The number of carbonyl (C=O) groups is 1. The zero-order chi connectivity index (χ0) is 17.3. The number of rotatable bonds is 3. The number of carbonyl (C=O) groups excluding carboxylic acids is 1. The maximum Gasteiger partial charge on any atom is 0.255 e. The smallest absolute Gasteiger partial charge is 0.255 e. The maximum absolute atomic E-state index is 12.8. The number of aryl methyl sites for hydroxylation is 1. The van der Waals surface area contributed by atoms with Gasteiger partial charge in [0, 0.05) is 50.3 Å². The van der Waals surface area contributed by atoms with Crippen molar-refractivity contribution < 1.29 is 9.53 Å². The van der Waals surface area contributed by atoms with Gasteiger partial charge in [-0.25, -0.2) is 0 Å². The Morgan fingerprint density at radius 2 is 1.67 bits per heavy atom. The lowest BCUT2D eigenvalue weighted by molar-refractivity contribution is 0.0746. The van der Waals surface area contributed by atoms with Crippen LogP contribution in [0, 0.1) is 13.8 Å². The molecule has 0 spiro atoms. The highest BCUT2D eigenvalue weighted by molar-refractivity contribution is 5.95. The topological polar surface area (TPSA) is 37.7 Å². The number of piperazine rings is 1. The van der Waals surface area contributed by atoms with Crippen LogP contribution in [0.1, 0.15) is 21.7 Å². The molecule has 1 saturated heterocycles. The molecule has 5 nitrogen and oxygen atoms in total. The standard InChI is InChI=1S/C19H25N3O2/c1-14-13-18(15(2)20(14)3)19(23)22-11-9-21(10-12-22)16-5-7-17(24-4)8-6-16/h5-8,13H,9-12H2,1-4H3. The van der Waals surface area contributed by atoms with Crippen LogP contribution < -0.4 is 9.64 Å². The van der Waals surface area contributed by atoms with E-state index in [1.54, 1.807) is 7.11 Å². The molecule has 1 aromatic carbocycles. The molecule has 128 valence electrons. The number of methoxy groups -OCH3 is 1. The number of benzene rings is 1. The van der Waals surface area contributed by atoms with Crippen molar-refractivity contribution in [3.8, 4) is 5.75 Å². The number of anilines is 1. The van der Waals surface area contributed by atoms with Crippen molar-refractivity contribution >= 4 is 11.6 Å². The third-order valence-corrected chi connectivity index (χ3v) is 5.01. The lowest BCUT2D eigenvalue weighted by Gasteiger charge is -2.36. The summed E-state index contributed by atoms with van der Waals surface area (Å²) in [6, 6.07) is 10.1. The summed E-state index contributed by atoms with van der Waals surface area (Å²) >= 11 is 0. The molecule has 1 fully saturated rings. The highest BCUT2D eigenvalue weighted by Crippen LogP contribution is 2.22. The van der Waals surface area contributed by atoms with E-state index in [1.165, 1.54) is 5.69 Å². The first-order valence-corrected chi connectivity index (χ1v) is 8.32. The minimum atomic E-state index is 0.144. The van der Waals surface area contributed by atoms with Crippen molar-refractivity contribution in [2.45, 2.75) is 13.8 Å². The third-order valence-electron chi connectivity index (χ3n) is 5.01. The van der Waals surface area contributed by atoms with Gasteiger partial charge in [-0.2, -0.15) is 0 Å². The third kappa shape index (κ3) is 2.98. The zero-order valence-corrected chi connectivity index (χ0v) is 14.9. The first-order valence-electron chi connectivity index (χ1n) is 8.32. The molecule has 0 radical (unpaired) electrons. The number of hydrogen-bond donors (Lipinski definition) is 0. The van der Waals surface area contributed by atoms with Gasteiger partial charge in [-0.15, -0.1) is 0 Å². The van der Waals surface area contributed by atoms with E-state index in [1.807, 2.05) is 44.0 Å². The summed E-state index contributed by atoms with van der Waals surface area (Å²) < 4.78 is 7.27. The molecule has 2 heterocycles. The number of aromatic nitrogens is 1. The van der Waals surface area contributed by atoms with Crippen LogP contribution in [0.4, 0.5) is 5.69 Å². The van der Waals surface area contributed by atoms with Crippen LogP contribution in [0.5, 0.6) is 5.75 Å². The molecule has 24 heavy (non-hydrogen) atoms. The largest absolute Gasteiger partial charge is 0.497 e. The summed E-state index contributed by atoms with van der Waals surface area (Å²) in [5, 5.41) is 0. The van der Waals surface area contributed by atoms with Gasteiger partial charge in [-0.05, 0) is 44.2 Å². The quantitative estimate of drug-likeness (QED) is 0.870. The molecule has 0 saturated carbocycles. The number of nitrogens with zero attached hydrogens (tertiary/aromatic N) is 3. The SMILES string of the molecule is COc1ccc(N2CCN(C(=O)c3cc(C)n(C)c3C)CC2)cc1. The first-order chi connectivity index (χ1) is 11.5. The summed E-state index contributed by atoms with van der Waals surface area (Å²) in [6.07, 6.45) is 0. The van der Waals surface area contributed by atoms with Gasteiger partial charge < -0.3 is 19.1 Å². The molecule has 1 aromatic heterocycles. The average Bonchev–Trinajstić information content (AvgIpc) is 2.89. The van der Waals surface area contributed by atoms with E-state index in [0.717, 1.165) is 48.9 Å². The fourth-order valence-electron chi connectivity index (χ4n) is 3.20. The molecule has 2 aromatic rings. The van der Waals surface area contributed by atoms with Gasteiger partial charge in [0.05, 0.1) is 12.7 Å². The Balaban J connectivity index is 1.65. The van der Waals surface area contributed by atoms with Gasteiger partial charge >= 0.3 is 0 Å². The normalized spacial score (nSPS) is 14.8. The molecule has 3 rings (SSSR count). The molecule has 1 aliphatic rings. The van der Waals surface area contributed by atoms with Crippen molar-refractivity contribution in [3.05, 3.63) is 47.3 Å². The molecule has 0 atom stereocenters. The Labute approximate surface area is 143 Å². The lowest BCUT2D eigenvalue weighted by atomic mass is 10.2. The Kier molecular flexibility index (Phi) is 4.51. The number of amides is 1. The molecule has 0 bridgehead atoms. The average molecular weight is 327 g/mol. The molecule has 5 heteroatoms. The van der Waals surface area contributed by atoms with Gasteiger partial charge in [0.15, 0.2) is 0 Å². The highest BCUT2D eigenvalue weighted by atomic mass is 16.5. The van der Waals surface area contributed by atoms with Crippen LogP contribution in [0.3, 0.4) is 0 Å². The van der Waals surface area contributed by atoms with Crippen molar-refractivity contribution in [2.75, 3.05) is 38.2 Å². The summed E-state index contributed by atoms with van der Waals surface area (Å²) in [4.78, 5) is 17.1. The monoisotopic (exact) mass is 327 g/mol. The first kappa shape index (κ1) is 16.4. The molecular formula is C19H25N3O2. The summed E-state index contributed by atoms with van der Waals surface area (Å²) in [5.74, 6) is 1.01. The van der Waals surface area contributed by atoms with Gasteiger partial charge in [-0.3, -0.25) is 4.79 Å². The number of ether oxygens (including phenoxy) is 1. The maximum atomic E-state index is 12.8. The zero-order valence-electron chi connectivity index (χ0n) is 14.9. The van der Waals surface area contributed by atoms with E-state index in [4.69, 9.17) is 4.74 Å². The minimum Gasteiger partial charge on any atom is -0.497 e. The van der Waals surface area contributed by atoms with E-state index in [2.05, 4.69) is 21.6 Å². The van der Waals surface area contributed by atoms with Crippen molar-refractivity contribution in [2.24, 2.45) is 7.05 Å². The molecular weight excluding hydrogens is 302 g/mol. The Bertz CT molecular complexity index is 726. The van der Waals surface area contributed by atoms with Gasteiger partial charge in [0.1, 0.15) is 5.75 Å². The Hall–Kier alpha value is -2.43. The Morgan fingerprint density at radius 3 is 2.17 bits per heavy atom. The van der Waals surface area contributed by atoms with Crippen LogP contribution in [0.2, 0.25) is 0 Å². The van der Waals surface area contributed by atoms with E-state index in [-0.39, 0.29) is 5.91 Å². The number of hydrogen-bond acceptors (Lipinski definition) is 3. The predicted molar refractivity (Wildman–Crippen MR) is 96.0 cm³/mol. The highest BCUT2D eigenvalue weighted by Gasteiger charge is 2.24.